The predicted octanol–water partition coefficient (Wildman–Crippen LogP) is 2.38. The summed E-state index contributed by atoms with van der Waals surface area (Å²) in [5.74, 6) is 0.709. The van der Waals surface area contributed by atoms with Crippen LogP contribution in [-0.4, -0.2) is 19.6 Å². The van der Waals surface area contributed by atoms with E-state index in [1.165, 1.54) is 5.56 Å². The second kappa shape index (κ2) is 9.66. The first-order chi connectivity index (χ1) is 11.3. The van der Waals surface area contributed by atoms with Crippen LogP contribution in [0.15, 0.2) is 72.6 Å². The van der Waals surface area contributed by atoms with Crippen molar-refractivity contribution in [3.05, 3.63) is 83.7 Å². The normalized spacial score (nSPS) is 12.7. The van der Waals surface area contributed by atoms with Crippen molar-refractivity contribution in [2.45, 2.75) is 19.2 Å². The molecule has 2 rings (SSSR count). The monoisotopic (exact) mass is 311 g/mol. The number of nitrogens with two attached hydrogens (primary N) is 1. The summed E-state index contributed by atoms with van der Waals surface area (Å²) in [6, 6.07) is 20.2. The molecule has 1 unspecified atom stereocenters. The number of ether oxygens (including phenoxy) is 1. The van der Waals surface area contributed by atoms with Crippen molar-refractivity contribution in [1.29, 1.82) is 0 Å². The van der Waals surface area contributed by atoms with Gasteiger partial charge in [0.05, 0.1) is 0 Å². The molecule has 0 aromatic heterocycles. The van der Waals surface area contributed by atoms with Crippen molar-refractivity contribution in [2.24, 2.45) is 5.73 Å². The van der Waals surface area contributed by atoms with E-state index >= 15 is 0 Å². The van der Waals surface area contributed by atoms with E-state index < -0.39 is 0 Å². The van der Waals surface area contributed by atoms with Crippen molar-refractivity contribution >= 4 is 0 Å². The van der Waals surface area contributed by atoms with Crippen molar-refractivity contribution in [3.8, 4) is 0 Å². The van der Waals surface area contributed by atoms with Crippen LogP contribution in [0.1, 0.15) is 11.1 Å². The van der Waals surface area contributed by atoms with Crippen molar-refractivity contribution in [1.82, 2.24) is 10.6 Å². The topological polar surface area (TPSA) is 59.3 Å². The Morgan fingerprint density at radius 2 is 1.65 bits per heavy atom. The zero-order valence-electron chi connectivity index (χ0n) is 13.5. The molecule has 0 aliphatic carbocycles. The zero-order valence-corrected chi connectivity index (χ0v) is 13.5. The van der Waals surface area contributed by atoms with Crippen LogP contribution in [0, 0.1) is 0 Å². The van der Waals surface area contributed by atoms with Crippen LogP contribution in [0.3, 0.4) is 0 Å². The van der Waals surface area contributed by atoms with E-state index in [9.17, 15) is 0 Å². The molecule has 4 N–H and O–H groups in total. The van der Waals surface area contributed by atoms with Gasteiger partial charge < -0.3 is 21.1 Å². The summed E-state index contributed by atoms with van der Waals surface area (Å²) >= 11 is 0. The average molecular weight is 311 g/mol. The lowest BCUT2D eigenvalue weighted by Crippen LogP contribution is -2.31. The van der Waals surface area contributed by atoms with Gasteiger partial charge in [0.25, 0.3) is 0 Å². The minimum atomic E-state index is -0.103. The molecule has 0 saturated heterocycles. The summed E-state index contributed by atoms with van der Waals surface area (Å²) in [6.07, 6.45) is 1.92. The van der Waals surface area contributed by atoms with Crippen LogP contribution >= 0.6 is 0 Å². The fourth-order valence-electron chi connectivity index (χ4n) is 2.17. The maximum absolute atomic E-state index is 6.06. The molecule has 0 aliphatic heterocycles. The Labute approximate surface area is 138 Å². The lowest BCUT2D eigenvalue weighted by atomic mass is 10.2. The fourth-order valence-corrected chi connectivity index (χ4v) is 2.17. The van der Waals surface area contributed by atoms with E-state index in [4.69, 9.17) is 10.5 Å². The third kappa shape index (κ3) is 6.55. The molecule has 0 bridgehead atoms. The first-order valence-electron chi connectivity index (χ1n) is 7.84. The van der Waals surface area contributed by atoms with Gasteiger partial charge in [0.15, 0.2) is 5.88 Å². The molecule has 122 valence electrons. The number of rotatable bonds is 9. The lowest BCUT2D eigenvalue weighted by Gasteiger charge is -2.15. The van der Waals surface area contributed by atoms with Gasteiger partial charge in [-0.3, -0.25) is 0 Å². The van der Waals surface area contributed by atoms with Crippen LogP contribution in [0.25, 0.3) is 0 Å². The third-order valence-corrected chi connectivity index (χ3v) is 3.35. The van der Waals surface area contributed by atoms with Gasteiger partial charge in [-0.25, -0.2) is 0 Å². The average Bonchev–Trinajstić information content (AvgIpc) is 2.59. The van der Waals surface area contributed by atoms with Crippen LogP contribution in [-0.2, 0) is 17.9 Å². The second-order valence-corrected chi connectivity index (χ2v) is 5.37. The number of nitrogens with one attached hydrogen (secondary N) is 2. The number of likely N-dealkylation sites (N-methyl/N-ethyl adjacent to an activating group) is 1. The predicted molar refractivity (Wildman–Crippen MR) is 94.5 cm³/mol. The highest BCUT2D eigenvalue weighted by molar-refractivity contribution is 5.16. The van der Waals surface area contributed by atoms with Crippen LogP contribution in [0.2, 0.25) is 0 Å². The molecular weight excluding hydrogens is 286 g/mol. The van der Waals surface area contributed by atoms with E-state index in [2.05, 4.69) is 22.8 Å². The molecule has 0 spiro atoms. The smallest absolute Gasteiger partial charge is 0.184 e. The Balaban J connectivity index is 1.96. The molecular formula is C19H25N3O. The van der Waals surface area contributed by atoms with Gasteiger partial charge in [-0.15, -0.1) is 0 Å². The van der Waals surface area contributed by atoms with Crippen LogP contribution < -0.4 is 16.4 Å². The molecule has 2 aromatic carbocycles. The molecule has 4 nitrogen and oxygen atoms in total. The maximum atomic E-state index is 6.06. The fraction of sp³-hybridized carbons (Fsp3) is 0.263. The highest BCUT2D eigenvalue weighted by Gasteiger charge is 2.04. The zero-order chi connectivity index (χ0) is 16.3. The Morgan fingerprint density at radius 1 is 1.04 bits per heavy atom. The maximum Gasteiger partial charge on any atom is 0.184 e. The lowest BCUT2D eigenvalue weighted by molar-refractivity contribution is 0.175. The van der Waals surface area contributed by atoms with Gasteiger partial charge in [-0.05, 0) is 24.3 Å². The molecule has 0 saturated carbocycles. The number of benzene rings is 2. The van der Waals surface area contributed by atoms with Crippen LogP contribution in [0.4, 0.5) is 0 Å². The van der Waals surface area contributed by atoms with Gasteiger partial charge in [-0.2, -0.15) is 0 Å². The SMILES string of the molecule is CNCC(N)/C=C(\NCc1ccccc1)OCc1ccccc1. The summed E-state index contributed by atoms with van der Waals surface area (Å²) in [7, 11) is 1.88. The molecule has 2 aromatic rings. The minimum Gasteiger partial charge on any atom is -0.475 e. The van der Waals surface area contributed by atoms with Crippen molar-refractivity contribution in [3.63, 3.8) is 0 Å². The molecule has 0 fully saturated rings. The van der Waals surface area contributed by atoms with Gasteiger partial charge in [-0.1, -0.05) is 60.7 Å². The standard InChI is InChI=1S/C19H25N3O/c1-21-14-18(20)12-19(22-13-16-8-4-2-5-9-16)23-15-17-10-6-3-7-11-17/h2-12,18,21-22H,13-15,20H2,1H3/b19-12+. The summed E-state index contributed by atoms with van der Waals surface area (Å²) in [5.41, 5.74) is 8.39. The molecule has 0 amide bonds. The molecule has 0 radical (unpaired) electrons. The van der Waals surface area contributed by atoms with E-state index in [0.717, 1.165) is 5.56 Å². The van der Waals surface area contributed by atoms with E-state index in [0.29, 0.717) is 25.6 Å². The Kier molecular flexibility index (Phi) is 7.17. The summed E-state index contributed by atoms with van der Waals surface area (Å²) in [4.78, 5) is 0. The van der Waals surface area contributed by atoms with E-state index in [-0.39, 0.29) is 6.04 Å². The summed E-state index contributed by atoms with van der Waals surface area (Å²) < 4.78 is 5.91. The first-order valence-corrected chi connectivity index (χ1v) is 7.84. The van der Waals surface area contributed by atoms with Gasteiger partial charge in [0, 0.05) is 19.1 Å². The van der Waals surface area contributed by atoms with Crippen molar-refractivity contribution in [2.75, 3.05) is 13.6 Å². The van der Waals surface area contributed by atoms with E-state index in [1.807, 2.05) is 61.7 Å². The largest absolute Gasteiger partial charge is 0.475 e. The minimum absolute atomic E-state index is 0.103. The third-order valence-electron chi connectivity index (χ3n) is 3.35. The van der Waals surface area contributed by atoms with Gasteiger partial charge >= 0.3 is 0 Å². The molecule has 23 heavy (non-hydrogen) atoms. The van der Waals surface area contributed by atoms with Crippen LogP contribution in [0.5, 0.6) is 0 Å². The second-order valence-electron chi connectivity index (χ2n) is 5.37. The quantitative estimate of drug-likeness (QED) is 0.622. The molecule has 4 heteroatoms. The molecule has 0 heterocycles. The van der Waals surface area contributed by atoms with Crippen molar-refractivity contribution < 1.29 is 4.74 Å². The Bertz CT molecular complexity index is 539. The Hall–Kier alpha value is -2.30. The highest BCUT2D eigenvalue weighted by atomic mass is 16.5. The van der Waals surface area contributed by atoms with Gasteiger partial charge in [0.2, 0.25) is 0 Å². The molecule has 0 aliphatic rings. The summed E-state index contributed by atoms with van der Waals surface area (Å²) in [6.45, 7) is 1.92. The molecule has 1 atom stereocenters. The summed E-state index contributed by atoms with van der Waals surface area (Å²) in [5, 5.41) is 6.39. The number of hydrogen-bond acceptors (Lipinski definition) is 4. The van der Waals surface area contributed by atoms with E-state index in [1.54, 1.807) is 0 Å². The first kappa shape index (κ1) is 17.1. The Morgan fingerprint density at radius 3 is 2.26 bits per heavy atom. The highest BCUT2D eigenvalue weighted by Crippen LogP contribution is 2.06. The number of hydrogen-bond donors (Lipinski definition) is 3. The van der Waals surface area contributed by atoms with Gasteiger partial charge in [0.1, 0.15) is 6.61 Å².